The SMILES string of the molecule is CNc1ccncc1C(=O)N1CCC2CCC(C1)N2C. The van der Waals surface area contributed by atoms with Gasteiger partial charge in [0, 0.05) is 50.3 Å². The molecule has 20 heavy (non-hydrogen) atoms. The van der Waals surface area contributed by atoms with Gasteiger partial charge in [0.15, 0.2) is 0 Å². The number of hydrogen-bond donors (Lipinski definition) is 1. The molecule has 1 aromatic heterocycles. The first-order valence-electron chi connectivity index (χ1n) is 7.33. The van der Waals surface area contributed by atoms with Crippen LogP contribution in [0.3, 0.4) is 0 Å². The van der Waals surface area contributed by atoms with Gasteiger partial charge in [0.1, 0.15) is 0 Å². The Labute approximate surface area is 120 Å². The summed E-state index contributed by atoms with van der Waals surface area (Å²) >= 11 is 0. The third-order valence-corrected chi connectivity index (χ3v) is 4.76. The Morgan fingerprint density at radius 3 is 2.95 bits per heavy atom. The van der Waals surface area contributed by atoms with Crippen LogP contribution in [0, 0.1) is 0 Å². The van der Waals surface area contributed by atoms with Gasteiger partial charge >= 0.3 is 0 Å². The van der Waals surface area contributed by atoms with E-state index in [4.69, 9.17) is 0 Å². The van der Waals surface area contributed by atoms with E-state index >= 15 is 0 Å². The quantitative estimate of drug-likeness (QED) is 0.886. The summed E-state index contributed by atoms with van der Waals surface area (Å²) in [5.41, 5.74) is 1.53. The lowest BCUT2D eigenvalue weighted by atomic mass is 10.1. The van der Waals surface area contributed by atoms with Gasteiger partial charge in [-0.3, -0.25) is 14.7 Å². The normalized spacial score (nSPS) is 26.4. The fourth-order valence-electron chi connectivity index (χ4n) is 3.45. The number of amides is 1. The van der Waals surface area contributed by atoms with E-state index in [1.807, 2.05) is 18.0 Å². The Bertz CT molecular complexity index is 504. The smallest absolute Gasteiger partial charge is 0.257 e. The van der Waals surface area contributed by atoms with E-state index < -0.39 is 0 Å². The molecule has 2 bridgehead atoms. The minimum Gasteiger partial charge on any atom is -0.387 e. The fourth-order valence-corrected chi connectivity index (χ4v) is 3.45. The number of rotatable bonds is 2. The van der Waals surface area contributed by atoms with E-state index in [1.165, 1.54) is 12.8 Å². The van der Waals surface area contributed by atoms with Crippen molar-refractivity contribution in [2.24, 2.45) is 0 Å². The summed E-state index contributed by atoms with van der Waals surface area (Å²) in [4.78, 5) is 21.3. The zero-order valence-electron chi connectivity index (χ0n) is 12.2. The number of nitrogens with one attached hydrogen (secondary N) is 1. The number of pyridine rings is 1. The van der Waals surface area contributed by atoms with Crippen LogP contribution in [0.1, 0.15) is 29.6 Å². The van der Waals surface area contributed by atoms with Crippen molar-refractivity contribution in [2.45, 2.75) is 31.3 Å². The van der Waals surface area contributed by atoms with Gasteiger partial charge in [0.25, 0.3) is 5.91 Å². The number of aromatic nitrogens is 1. The van der Waals surface area contributed by atoms with Crippen molar-refractivity contribution < 1.29 is 4.79 Å². The average Bonchev–Trinajstić information content (AvgIpc) is 2.71. The zero-order valence-corrected chi connectivity index (χ0v) is 12.2. The monoisotopic (exact) mass is 274 g/mol. The van der Waals surface area contributed by atoms with Crippen LogP contribution in [0.4, 0.5) is 5.69 Å². The molecule has 2 aliphatic rings. The highest BCUT2D eigenvalue weighted by Gasteiger charge is 2.36. The Hall–Kier alpha value is -1.62. The highest BCUT2D eigenvalue weighted by atomic mass is 16.2. The number of likely N-dealkylation sites (tertiary alicyclic amines) is 1. The van der Waals surface area contributed by atoms with Gasteiger partial charge in [-0.1, -0.05) is 0 Å². The van der Waals surface area contributed by atoms with Gasteiger partial charge < -0.3 is 10.2 Å². The fraction of sp³-hybridized carbons (Fsp3) is 0.600. The first-order chi connectivity index (χ1) is 9.70. The predicted octanol–water partition coefficient (Wildman–Crippen LogP) is 1.43. The summed E-state index contributed by atoms with van der Waals surface area (Å²) in [6.07, 6.45) is 6.93. The number of hydrogen-bond acceptors (Lipinski definition) is 4. The van der Waals surface area contributed by atoms with Crippen LogP contribution in [0.5, 0.6) is 0 Å². The van der Waals surface area contributed by atoms with E-state index in [9.17, 15) is 4.79 Å². The second kappa shape index (κ2) is 5.40. The standard InChI is InChI=1S/C15H22N4O/c1-16-14-5-7-17-9-13(14)15(20)19-8-6-11-3-4-12(10-19)18(11)2/h5,7,9,11-12H,3-4,6,8,10H2,1-2H3,(H,16,17). The van der Waals surface area contributed by atoms with Crippen molar-refractivity contribution in [3.8, 4) is 0 Å². The van der Waals surface area contributed by atoms with Crippen LogP contribution in [0.2, 0.25) is 0 Å². The Balaban J connectivity index is 1.80. The third kappa shape index (κ3) is 2.26. The molecule has 2 fully saturated rings. The molecule has 5 nitrogen and oxygen atoms in total. The third-order valence-electron chi connectivity index (χ3n) is 4.76. The average molecular weight is 274 g/mol. The maximum atomic E-state index is 12.7. The summed E-state index contributed by atoms with van der Waals surface area (Å²) < 4.78 is 0. The first kappa shape index (κ1) is 13.4. The molecule has 3 rings (SSSR count). The topological polar surface area (TPSA) is 48.5 Å². The van der Waals surface area contributed by atoms with Gasteiger partial charge in [-0.15, -0.1) is 0 Å². The Morgan fingerprint density at radius 2 is 2.15 bits per heavy atom. The summed E-state index contributed by atoms with van der Waals surface area (Å²) in [6.45, 7) is 1.69. The molecule has 1 aromatic rings. The largest absolute Gasteiger partial charge is 0.387 e. The Kier molecular flexibility index (Phi) is 3.61. The maximum Gasteiger partial charge on any atom is 0.257 e. The lowest BCUT2D eigenvalue weighted by Gasteiger charge is -2.26. The lowest BCUT2D eigenvalue weighted by Crippen LogP contribution is -2.39. The number of nitrogens with zero attached hydrogens (tertiary/aromatic N) is 3. The van der Waals surface area contributed by atoms with Gasteiger partial charge in [0.2, 0.25) is 0 Å². The highest BCUT2D eigenvalue weighted by molar-refractivity contribution is 5.99. The van der Waals surface area contributed by atoms with E-state index in [0.29, 0.717) is 17.6 Å². The molecule has 2 unspecified atom stereocenters. The molecule has 0 saturated carbocycles. The minimum atomic E-state index is 0.100. The van der Waals surface area contributed by atoms with Crippen LogP contribution in [-0.4, -0.2) is 60.0 Å². The molecule has 5 heteroatoms. The van der Waals surface area contributed by atoms with E-state index in [2.05, 4.69) is 22.2 Å². The molecule has 2 aliphatic heterocycles. The molecule has 2 atom stereocenters. The number of likely N-dealkylation sites (N-methyl/N-ethyl adjacent to an activating group) is 1. The van der Waals surface area contributed by atoms with E-state index in [1.54, 1.807) is 12.4 Å². The summed E-state index contributed by atoms with van der Waals surface area (Å²) in [5.74, 6) is 0.100. The molecule has 1 N–H and O–H groups in total. The van der Waals surface area contributed by atoms with Gasteiger partial charge in [-0.2, -0.15) is 0 Å². The summed E-state index contributed by atoms with van der Waals surface area (Å²) in [5, 5.41) is 3.08. The van der Waals surface area contributed by atoms with Crippen LogP contribution >= 0.6 is 0 Å². The summed E-state index contributed by atoms with van der Waals surface area (Å²) in [6, 6.07) is 3.01. The predicted molar refractivity (Wildman–Crippen MR) is 78.9 cm³/mol. The van der Waals surface area contributed by atoms with Gasteiger partial charge in [-0.25, -0.2) is 0 Å². The van der Waals surface area contributed by atoms with Crippen molar-refractivity contribution in [3.05, 3.63) is 24.0 Å². The number of fused-ring (bicyclic) bond motifs is 2. The van der Waals surface area contributed by atoms with Crippen LogP contribution in [0.15, 0.2) is 18.5 Å². The molecule has 0 aliphatic carbocycles. The number of anilines is 1. The minimum absolute atomic E-state index is 0.100. The van der Waals surface area contributed by atoms with Crippen molar-refractivity contribution in [1.29, 1.82) is 0 Å². The second-order valence-corrected chi connectivity index (χ2v) is 5.76. The molecule has 1 amide bonds. The second-order valence-electron chi connectivity index (χ2n) is 5.76. The first-order valence-corrected chi connectivity index (χ1v) is 7.33. The maximum absolute atomic E-state index is 12.7. The van der Waals surface area contributed by atoms with Crippen molar-refractivity contribution >= 4 is 11.6 Å². The van der Waals surface area contributed by atoms with E-state index in [-0.39, 0.29) is 5.91 Å². The van der Waals surface area contributed by atoms with Crippen LogP contribution in [0.25, 0.3) is 0 Å². The molecule has 3 heterocycles. The summed E-state index contributed by atoms with van der Waals surface area (Å²) in [7, 11) is 4.03. The van der Waals surface area contributed by atoms with E-state index in [0.717, 1.165) is 25.2 Å². The van der Waals surface area contributed by atoms with Gasteiger partial charge in [-0.05, 0) is 32.4 Å². The number of carbonyl (C=O) groups excluding carboxylic acids is 1. The molecular weight excluding hydrogens is 252 g/mol. The molecule has 108 valence electrons. The van der Waals surface area contributed by atoms with Crippen LogP contribution < -0.4 is 5.32 Å². The van der Waals surface area contributed by atoms with Gasteiger partial charge in [0.05, 0.1) is 5.56 Å². The zero-order chi connectivity index (χ0) is 14.1. The van der Waals surface area contributed by atoms with Crippen molar-refractivity contribution in [2.75, 3.05) is 32.5 Å². The molecule has 0 radical (unpaired) electrons. The number of carbonyl (C=O) groups is 1. The van der Waals surface area contributed by atoms with Crippen LogP contribution in [-0.2, 0) is 0 Å². The van der Waals surface area contributed by atoms with Crippen molar-refractivity contribution in [1.82, 2.24) is 14.8 Å². The Morgan fingerprint density at radius 1 is 1.35 bits per heavy atom. The molecular formula is C15H22N4O. The molecule has 0 aromatic carbocycles. The highest BCUT2D eigenvalue weighted by Crippen LogP contribution is 2.29. The molecule has 2 saturated heterocycles. The molecule has 0 spiro atoms. The lowest BCUT2D eigenvalue weighted by molar-refractivity contribution is 0.0741. The van der Waals surface area contributed by atoms with Crippen molar-refractivity contribution in [3.63, 3.8) is 0 Å².